The van der Waals surface area contributed by atoms with Gasteiger partial charge < -0.3 is 0 Å². The van der Waals surface area contributed by atoms with Gasteiger partial charge in [0, 0.05) is 0 Å². The van der Waals surface area contributed by atoms with E-state index in [0.717, 1.165) is 0 Å². The molecule has 0 aliphatic carbocycles. The van der Waals surface area contributed by atoms with Crippen LogP contribution in [0.2, 0.25) is 0 Å². The van der Waals surface area contributed by atoms with E-state index in [0.29, 0.717) is 5.41 Å². The molecular formula is C17H22. The van der Waals surface area contributed by atoms with E-state index in [1.807, 2.05) is 36.4 Å². The van der Waals surface area contributed by atoms with Gasteiger partial charge in [0.05, 0.1) is 0 Å². The van der Waals surface area contributed by atoms with E-state index in [2.05, 4.69) is 51.1 Å². The summed E-state index contributed by atoms with van der Waals surface area (Å²) in [6, 6.07) is 22.7. The van der Waals surface area contributed by atoms with Gasteiger partial charge in [-0.1, -0.05) is 87.5 Å². The first-order valence-corrected chi connectivity index (χ1v) is 6.22. The number of rotatable bonds is 2. The van der Waals surface area contributed by atoms with Crippen molar-refractivity contribution in [2.45, 2.75) is 32.6 Å². The van der Waals surface area contributed by atoms with Crippen LogP contribution in [0, 0.1) is 0 Å². The fourth-order valence-corrected chi connectivity index (χ4v) is 1.48. The summed E-state index contributed by atoms with van der Waals surface area (Å²) in [6.07, 6.45) is 1.19. The summed E-state index contributed by atoms with van der Waals surface area (Å²) in [6.45, 7) is 6.79. The molecule has 0 heterocycles. The molecule has 0 nitrogen and oxygen atoms in total. The Labute approximate surface area is 105 Å². The first-order chi connectivity index (χ1) is 8.17. The second kappa shape index (κ2) is 6.90. The third kappa shape index (κ3) is 4.86. The average Bonchev–Trinajstić information content (AvgIpc) is 2.42. The molecule has 2 rings (SSSR count). The SMILES string of the molecule is CCC(C)(C)c1ccccc1.c1ccccc1. The van der Waals surface area contributed by atoms with Gasteiger partial charge in [0.15, 0.2) is 0 Å². The molecule has 17 heavy (non-hydrogen) atoms. The summed E-state index contributed by atoms with van der Waals surface area (Å²) in [4.78, 5) is 0. The normalized spacial score (nSPS) is 10.3. The van der Waals surface area contributed by atoms with E-state index >= 15 is 0 Å². The first kappa shape index (κ1) is 13.5. The molecule has 0 atom stereocenters. The maximum absolute atomic E-state index is 2.28. The van der Waals surface area contributed by atoms with Crippen LogP contribution in [-0.4, -0.2) is 0 Å². The van der Waals surface area contributed by atoms with Crippen LogP contribution in [0.25, 0.3) is 0 Å². The Bertz CT molecular complexity index is 360. The van der Waals surface area contributed by atoms with Gasteiger partial charge in [0.25, 0.3) is 0 Å². The van der Waals surface area contributed by atoms with Crippen molar-refractivity contribution in [2.75, 3.05) is 0 Å². The maximum atomic E-state index is 2.28. The standard InChI is InChI=1S/C11H16.C6H6/c1-4-11(2,3)10-8-6-5-7-9-10;1-2-4-6-5-3-1/h5-9H,4H2,1-3H3;1-6H. The quantitative estimate of drug-likeness (QED) is 0.671. The summed E-state index contributed by atoms with van der Waals surface area (Å²) in [5.41, 5.74) is 1.77. The maximum Gasteiger partial charge on any atom is -0.0106 e. The minimum atomic E-state index is 0.335. The van der Waals surface area contributed by atoms with Crippen molar-refractivity contribution in [3.63, 3.8) is 0 Å². The van der Waals surface area contributed by atoms with E-state index in [1.54, 1.807) is 0 Å². The van der Waals surface area contributed by atoms with Crippen LogP contribution < -0.4 is 0 Å². The molecule has 90 valence electrons. The van der Waals surface area contributed by atoms with Gasteiger partial charge in [0.2, 0.25) is 0 Å². The third-order valence-electron chi connectivity index (χ3n) is 3.11. The Morgan fingerprint density at radius 1 is 0.706 bits per heavy atom. The lowest BCUT2D eigenvalue weighted by molar-refractivity contribution is 0.506. The predicted molar refractivity (Wildman–Crippen MR) is 76.2 cm³/mol. The van der Waals surface area contributed by atoms with Crippen LogP contribution in [0.15, 0.2) is 66.7 Å². The minimum absolute atomic E-state index is 0.335. The van der Waals surface area contributed by atoms with Crippen LogP contribution in [0.3, 0.4) is 0 Å². The summed E-state index contributed by atoms with van der Waals surface area (Å²) < 4.78 is 0. The smallest absolute Gasteiger partial charge is 0.0106 e. The van der Waals surface area contributed by atoms with Crippen LogP contribution in [0.5, 0.6) is 0 Å². The zero-order valence-electron chi connectivity index (χ0n) is 11.1. The number of benzene rings is 2. The second-order valence-electron chi connectivity index (χ2n) is 4.76. The van der Waals surface area contributed by atoms with Crippen molar-refractivity contribution in [3.8, 4) is 0 Å². The van der Waals surface area contributed by atoms with Gasteiger partial charge in [-0.3, -0.25) is 0 Å². The van der Waals surface area contributed by atoms with Crippen molar-refractivity contribution in [1.82, 2.24) is 0 Å². The molecule has 0 N–H and O–H groups in total. The summed E-state index contributed by atoms with van der Waals surface area (Å²) in [7, 11) is 0. The molecule has 0 radical (unpaired) electrons. The van der Waals surface area contributed by atoms with Gasteiger partial charge in [0.1, 0.15) is 0 Å². The monoisotopic (exact) mass is 226 g/mol. The molecule has 0 aromatic heterocycles. The summed E-state index contributed by atoms with van der Waals surface area (Å²) in [5, 5.41) is 0. The Morgan fingerprint density at radius 3 is 1.41 bits per heavy atom. The third-order valence-corrected chi connectivity index (χ3v) is 3.11. The molecule has 0 unspecified atom stereocenters. The van der Waals surface area contributed by atoms with Gasteiger partial charge in [-0.2, -0.15) is 0 Å². The topological polar surface area (TPSA) is 0 Å². The van der Waals surface area contributed by atoms with Gasteiger partial charge >= 0.3 is 0 Å². The molecule has 2 aromatic carbocycles. The van der Waals surface area contributed by atoms with E-state index in [-0.39, 0.29) is 0 Å². The zero-order chi connectivity index (χ0) is 12.6. The van der Waals surface area contributed by atoms with E-state index < -0.39 is 0 Å². The lowest BCUT2D eigenvalue weighted by Gasteiger charge is -2.22. The van der Waals surface area contributed by atoms with E-state index in [4.69, 9.17) is 0 Å². The zero-order valence-corrected chi connectivity index (χ0v) is 11.1. The molecule has 0 aliphatic rings. The van der Waals surface area contributed by atoms with Crippen LogP contribution in [0.4, 0.5) is 0 Å². The fourth-order valence-electron chi connectivity index (χ4n) is 1.48. The number of hydrogen-bond donors (Lipinski definition) is 0. The van der Waals surface area contributed by atoms with Gasteiger partial charge in [-0.25, -0.2) is 0 Å². The highest BCUT2D eigenvalue weighted by molar-refractivity contribution is 5.22. The van der Waals surface area contributed by atoms with E-state index in [1.165, 1.54) is 12.0 Å². The molecule has 0 heteroatoms. The van der Waals surface area contributed by atoms with E-state index in [9.17, 15) is 0 Å². The first-order valence-electron chi connectivity index (χ1n) is 6.22. The lowest BCUT2D eigenvalue weighted by Crippen LogP contribution is -2.14. The Hall–Kier alpha value is -1.56. The molecule has 0 amide bonds. The summed E-state index contributed by atoms with van der Waals surface area (Å²) in [5.74, 6) is 0. The Balaban J connectivity index is 0.000000202. The highest BCUT2D eigenvalue weighted by Gasteiger charge is 2.16. The average molecular weight is 226 g/mol. The Morgan fingerprint density at radius 2 is 1.06 bits per heavy atom. The molecule has 0 saturated carbocycles. The lowest BCUT2D eigenvalue weighted by atomic mass is 9.82. The fraction of sp³-hybridized carbons (Fsp3) is 0.294. The summed E-state index contributed by atoms with van der Waals surface area (Å²) >= 11 is 0. The highest BCUT2D eigenvalue weighted by atomic mass is 14.2. The van der Waals surface area contributed by atoms with Crippen molar-refractivity contribution < 1.29 is 0 Å². The van der Waals surface area contributed by atoms with Gasteiger partial charge in [-0.15, -0.1) is 0 Å². The molecule has 0 fully saturated rings. The van der Waals surface area contributed by atoms with Crippen molar-refractivity contribution >= 4 is 0 Å². The molecule has 0 bridgehead atoms. The van der Waals surface area contributed by atoms with Crippen molar-refractivity contribution in [1.29, 1.82) is 0 Å². The van der Waals surface area contributed by atoms with Crippen LogP contribution in [0.1, 0.15) is 32.8 Å². The predicted octanol–water partition coefficient (Wildman–Crippen LogP) is 5.06. The number of hydrogen-bond acceptors (Lipinski definition) is 0. The minimum Gasteiger partial charge on any atom is -0.0646 e. The molecule has 0 spiro atoms. The highest BCUT2D eigenvalue weighted by Crippen LogP contribution is 2.25. The van der Waals surface area contributed by atoms with Crippen molar-refractivity contribution in [3.05, 3.63) is 72.3 Å². The molecular weight excluding hydrogens is 204 g/mol. The molecule has 0 saturated heterocycles. The Kier molecular flexibility index (Phi) is 5.48. The molecule has 0 aliphatic heterocycles. The van der Waals surface area contributed by atoms with Gasteiger partial charge in [-0.05, 0) is 17.4 Å². The van der Waals surface area contributed by atoms with Crippen molar-refractivity contribution in [2.24, 2.45) is 0 Å². The largest absolute Gasteiger partial charge is 0.0646 e. The molecule has 2 aromatic rings. The van der Waals surface area contributed by atoms with Crippen LogP contribution in [-0.2, 0) is 5.41 Å². The second-order valence-corrected chi connectivity index (χ2v) is 4.76. The van der Waals surface area contributed by atoms with Crippen LogP contribution >= 0.6 is 0 Å².